The maximum absolute atomic E-state index is 3.35. The standard InChI is InChI=1S/C10H15N.Li.H/c1-2-3-9-11-10-7-5-4-6-8-10;;/h4-8,11H,2-3,9H2,1H3;;. The van der Waals surface area contributed by atoms with Crippen molar-refractivity contribution in [1.82, 2.24) is 0 Å². The molecule has 0 aliphatic heterocycles. The van der Waals surface area contributed by atoms with Crippen LogP contribution in [0, 0.1) is 0 Å². The molecule has 0 spiro atoms. The molecule has 0 aromatic heterocycles. The fourth-order valence-electron chi connectivity index (χ4n) is 0.966. The summed E-state index contributed by atoms with van der Waals surface area (Å²) in [5.74, 6) is 0. The average Bonchev–Trinajstić information content (AvgIpc) is 2.07. The molecule has 0 saturated carbocycles. The summed E-state index contributed by atoms with van der Waals surface area (Å²) >= 11 is 0. The maximum atomic E-state index is 3.35. The van der Waals surface area contributed by atoms with Crippen LogP contribution < -0.4 is 5.32 Å². The molecule has 0 amide bonds. The number of hydrogen-bond acceptors (Lipinski definition) is 1. The van der Waals surface area contributed by atoms with Crippen molar-refractivity contribution >= 4 is 24.5 Å². The quantitative estimate of drug-likeness (QED) is 0.522. The van der Waals surface area contributed by atoms with E-state index in [4.69, 9.17) is 0 Å². The Labute approximate surface area is 86.7 Å². The van der Waals surface area contributed by atoms with Crippen LogP contribution in [0.2, 0.25) is 0 Å². The molecule has 0 saturated heterocycles. The third kappa shape index (κ3) is 4.49. The number of nitrogens with one attached hydrogen (secondary N) is 1. The normalized spacial score (nSPS) is 8.75. The fourth-order valence-corrected chi connectivity index (χ4v) is 0.966. The van der Waals surface area contributed by atoms with Gasteiger partial charge in [0.15, 0.2) is 0 Å². The van der Waals surface area contributed by atoms with Gasteiger partial charge < -0.3 is 5.32 Å². The molecular formula is C10H16LiN. The van der Waals surface area contributed by atoms with Crippen LogP contribution in [0.4, 0.5) is 5.69 Å². The van der Waals surface area contributed by atoms with Gasteiger partial charge in [-0.15, -0.1) is 0 Å². The van der Waals surface area contributed by atoms with Crippen LogP contribution in [0.5, 0.6) is 0 Å². The van der Waals surface area contributed by atoms with Crippen molar-refractivity contribution in [3.05, 3.63) is 30.3 Å². The molecule has 0 aliphatic rings. The molecule has 0 atom stereocenters. The molecule has 1 rings (SSSR count). The topological polar surface area (TPSA) is 12.0 Å². The first-order chi connectivity index (χ1) is 5.43. The number of benzene rings is 1. The monoisotopic (exact) mass is 157 g/mol. The van der Waals surface area contributed by atoms with E-state index in [9.17, 15) is 0 Å². The molecule has 0 unspecified atom stereocenters. The van der Waals surface area contributed by atoms with Crippen molar-refractivity contribution < 1.29 is 0 Å². The Balaban J connectivity index is 0.00000121. The van der Waals surface area contributed by atoms with Gasteiger partial charge in [-0.2, -0.15) is 0 Å². The zero-order chi connectivity index (χ0) is 7.94. The summed E-state index contributed by atoms with van der Waals surface area (Å²) in [5.41, 5.74) is 1.22. The predicted octanol–water partition coefficient (Wildman–Crippen LogP) is 2.25. The molecule has 0 bridgehead atoms. The summed E-state index contributed by atoms with van der Waals surface area (Å²) in [6, 6.07) is 10.3. The summed E-state index contributed by atoms with van der Waals surface area (Å²) in [4.78, 5) is 0. The SMILES string of the molecule is CCCCNc1ccccc1.[LiH]. The van der Waals surface area contributed by atoms with Crippen molar-refractivity contribution in [3.63, 3.8) is 0 Å². The Bertz CT molecular complexity index is 186. The van der Waals surface area contributed by atoms with Gasteiger partial charge in [-0.3, -0.25) is 0 Å². The minimum atomic E-state index is 0. The van der Waals surface area contributed by atoms with Gasteiger partial charge in [0, 0.05) is 12.2 Å². The molecule has 0 heterocycles. The van der Waals surface area contributed by atoms with Gasteiger partial charge in [0.1, 0.15) is 0 Å². The molecule has 2 heteroatoms. The second-order valence-electron chi connectivity index (χ2n) is 2.65. The van der Waals surface area contributed by atoms with Crippen molar-refractivity contribution in [2.45, 2.75) is 19.8 Å². The van der Waals surface area contributed by atoms with Crippen molar-refractivity contribution in [3.8, 4) is 0 Å². The number of hydrogen-bond donors (Lipinski definition) is 1. The van der Waals surface area contributed by atoms with Crippen LogP contribution in [0.25, 0.3) is 0 Å². The van der Waals surface area contributed by atoms with Crippen LogP contribution in [0.3, 0.4) is 0 Å². The summed E-state index contributed by atoms with van der Waals surface area (Å²) in [5, 5.41) is 3.35. The predicted molar refractivity (Wildman–Crippen MR) is 57.0 cm³/mol. The van der Waals surface area contributed by atoms with Crippen LogP contribution in [-0.2, 0) is 0 Å². The van der Waals surface area contributed by atoms with E-state index in [-0.39, 0.29) is 18.9 Å². The second kappa shape index (κ2) is 7.28. The van der Waals surface area contributed by atoms with Crippen LogP contribution in [-0.4, -0.2) is 25.4 Å². The number of unbranched alkanes of at least 4 members (excludes halogenated alkanes) is 1. The number of rotatable bonds is 4. The van der Waals surface area contributed by atoms with Gasteiger partial charge in [-0.05, 0) is 18.6 Å². The first kappa shape index (κ1) is 11.6. The second-order valence-corrected chi connectivity index (χ2v) is 2.65. The molecule has 12 heavy (non-hydrogen) atoms. The van der Waals surface area contributed by atoms with Crippen molar-refractivity contribution in [2.75, 3.05) is 11.9 Å². The molecule has 1 nitrogen and oxygen atoms in total. The Morgan fingerprint density at radius 1 is 1.17 bits per heavy atom. The third-order valence-electron chi connectivity index (χ3n) is 1.63. The molecule has 1 aromatic carbocycles. The Kier molecular flexibility index (Phi) is 7.04. The zero-order valence-corrected chi connectivity index (χ0v) is 7.01. The molecular weight excluding hydrogens is 141 g/mol. The first-order valence-corrected chi connectivity index (χ1v) is 4.22. The van der Waals surface area contributed by atoms with E-state index >= 15 is 0 Å². The van der Waals surface area contributed by atoms with Gasteiger partial charge in [-0.1, -0.05) is 31.5 Å². The van der Waals surface area contributed by atoms with Crippen LogP contribution in [0.1, 0.15) is 19.8 Å². The molecule has 0 fully saturated rings. The molecule has 1 aromatic rings. The minimum absolute atomic E-state index is 0. The summed E-state index contributed by atoms with van der Waals surface area (Å²) in [6.07, 6.45) is 2.49. The number of para-hydroxylation sites is 1. The van der Waals surface area contributed by atoms with E-state index in [1.807, 2.05) is 18.2 Å². The van der Waals surface area contributed by atoms with E-state index in [0.717, 1.165) is 6.54 Å². The van der Waals surface area contributed by atoms with Crippen molar-refractivity contribution in [2.24, 2.45) is 0 Å². The fraction of sp³-hybridized carbons (Fsp3) is 0.400. The molecule has 0 radical (unpaired) electrons. The summed E-state index contributed by atoms with van der Waals surface area (Å²) in [6.45, 7) is 3.28. The van der Waals surface area contributed by atoms with Gasteiger partial charge in [0.25, 0.3) is 0 Å². The van der Waals surface area contributed by atoms with Gasteiger partial charge in [0.05, 0.1) is 0 Å². The van der Waals surface area contributed by atoms with E-state index < -0.39 is 0 Å². The molecule has 0 aliphatic carbocycles. The Morgan fingerprint density at radius 3 is 2.42 bits per heavy atom. The van der Waals surface area contributed by atoms with Crippen LogP contribution >= 0.6 is 0 Å². The average molecular weight is 157 g/mol. The Morgan fingerprint density at radius 2 is 1.83 bits per heavy atom. The Hall–Kier alpha value is -0.383. The van der Waals surface area contributed by atoms with Crippen molar-refractivity contribution in [1.29, 1.82) is 0 Å². The van der Waals surface area contributed by atoms with Gasteiger partial charge in [-0.25, -0.2) is 0 Å². The molecule has 62 valence electrons. The zero-order valence-electron chi connectivity index (χ0n) is 7.01. The third-order valence-corrected chi connectivity index (χ3v) is 1.63. The van der Waals surface area contributed by atoms with E-state index in [1.54, 1.807) is 0 Å². The van der Waals surface area contributed by atoms with Crippen LogP contribution in [0.15, 0.2) is 30.3 Å². The summed E-state index contributed by atoms with van der Waals surface area (Å²) < 4.78 is 0. The van der Waals surface area contributed by atoms with E-state index in [2.05, 4.69) is 24.4 Å². The first-order valence-electron chi connectivity index (χ1n) is 4.22. The van der Waals surface area contributed by atoms with E-state index in [1.165, 1.54) is 18.5 Å². The van der Waals surface area contributed by atoms with Gasteiger partial charge >= 0.3 is 18.9 Å². The summed E-state index contributed by atoms with van der Waals surface area (Å²) in [7, 11) is 0. The molecule has 1 N–H and O–H groups in total. The van der Waals surface area contributed by atoms with Gasteiger partial charge in [0.2, 0.25) is 0 Å². The number of anilines is 1. The van der Waals surface area contributed by atoms with E-state index in [0.29, 0.717) is 0 Å².